The zero-order valence-electron chi connectivity index (χ0n) is 10.9. The van der Waals surface area contributed by atoms with E-state index in [1.54, 1.807) is 0 Å². The Bertz CT molecular complexity index is 222. The van der Waals surface area contributed by atoms with E-state index in [1.807, 2.05) is 7.11 Å². The summed E-state index contributed by atoms with van der Waals surface area (Å²) < 4.78 is 5.39. The van der Waals surface area contributed by atoms with Gasteiger partial charge in [0.25, 0.3) is 0 Å². The van der Waals surface area contributed by atoms with Crippen LogP contribution < -0.4 is 5.32 Å². The van der Waals surface area contributed by atoms with Gasteiger partial charge in [-0.05, 0) is 38.6 Å². The summed E-state index contributed by atoms with van der Waals surface area (Å²) in [6.07, 6.45) is 4.34. The van der Waals surface area contributed by atoms with Gasteiger partial charge in [-0.15, -0.1) is 0 Å². The Morgan fingerprint density at radius 2 is 2.12 bits per heavy atom. The van der Waals surface area contributed by atoms with Gasteiger partial charge in [0.2, 0.25) is 0 Å². The summed E-state index contributed by atoms with van der Waals surface area (Å²) >= 11 is 0. The van der Waals surface area contributed by atoms with Crippen LogP contribution in [0.1, 0.15) is 33.1 Å². The number of methoxy groups -OCH3 is 1. The van der Waals surface area contributed by atoms with Crippen LogP contribution in [-0.4, -0.2) is 49.8 Å². The standard InChI is InChI=1S/C13H26N2O/c1-10-4-5-15(11(2)6-10)9-12-7-13(16-3)8-14-12/h10-14H,4-9H2,1-3H3. The number of nitrogens with one attached hydrogen (secondary N) is 1. The van der Waals surface area contributed by atoms with Gasteiger partial charge in [0.05, 0.1) is 6.10 Å². The third kappa shape index (κ3) is 2.96. The van der Waals surface area contributed by atoms with Crippen LogP contribution in [0.5, 0.6) is 0 Å². The molecule has 0 aromatic carbocycles. The average molecular weight is 226 g/mol. The summed E-state index contributed by atoms with van der Waals surface area (Å²) in [5, 5.41) is 3.57. The molecule has 0 aromatic rings. The normalized spacial score (nSPS) is 41.4. The fraction of sp³-hybridized carbons (Fsp3) is 1.00. The Morgan fingerprint density at radius 1 is 1.31 bits per heavy atom. The van der Waals surface area contributed by atoms with Crippen molar-refractivity contribution in [1.29, 1.82) is 0 Å². The van der Waals surface area contributed by atoms with Gasteiger partial charge in [0, 0.05) is 32.3 Å². The summed E-state index contributed by atoms with van der Waals surface area (Å²) in [6.45, 7) is 8.26. The lowest BCUT2D eigenvalue weighted by atomic mass is 9.93. The van der Waals surface area contributed by atoms with Crippen LogP contribution in [-0.2, 0) is 4.74 Å². The molecule has 4 unspecified atom stereocenters. The molecular weight excluding hydrogens is 200 g/mol. The highest BCUT2D eigenvalue weighted by atomic mass is 16.5. The molecule has 2 aliphatic rings. The summed E-state index contributed by atoms with van der Waals surface area (Å²) in [5.74, 6) is 0.912. The van der Waals surface area contributed by atoms with Crippen molar-refractivity contribution in [3.8, 4) is 0 Å². The Morgan fingerprint density at radius 3 is 2.75 bits per heavy atom. The minimum atomic E-state index is 0.434. The Balaban J connectivity index is 1.77. The van der Waals surface area contributed by atoms with Crippen molar-refractivity contribution < 1.29 is 4.74 Å². The van der Waals surface area contributed by atoms with Crippen molar-refractivity contribution in [1.82, 2.24) is 10.2 Å². The van der Waals surface area contributed by atoms with Crippen molar-refractivity contribution in [2.45, 2.75) is 51.3 Å². The molecule has 2 fully saturated rings. The molecule has 3 nitrogen and oxygen atoms in total. The highest BCUT2D eigenvalue weighted by molar-refractivity contribution is 4.87. The molecule has 0 bridgehead atoms. The van der Waals surface area contributed by atoms with Crippen LogP contribution in [0.15, 0.2) is 0 Å². The summed E-state index contributed by atoms with van der Waals surface area (Å²) in [4.78, 5) is 2.65. The fourth-order valence-electron chi connectivity index (χ4n) is 3.11. The number of hydrogen-bond donors (Lipinski definition) is 1. The zero-order chi connectivity index (χ0) is 11.5. The first-order chi connectivity index (χ1) is 7.69. The van der Waals surface area contributed by atoms with Crippen molar-refractivity contribution >= 4 is 0 Å². The molecule has 0 spiro atoms. The molecule has 2 saturated heterocycles. The Kier molecular flexibility index (Phi) is 4.22. The maximum absolute atomic E-state index is 5.39. The minimum absolute atomic E-state index is 0.434. The fourth-order valence-corrected chi connectivity index (χ4v) is 3.11. The molecule has 2 rings (SSSR count). The van der Waals surface area contributed by atoms with E-state index in [0.717, 1.165) is 18.5 Å². The van der Waals surface area contributed by atoms with Crippen LogP contribution in [0.4, 0.5) is 0 Å². The quantitative estimate of drug-likeness (QED) is 0.789. The first-order valence-electron chi connectivity index (χ1n) is 6.69. The van der Waals surface area contributed by atoms with E-state index in [1.165, 1.54) is 32.4 Å². The van der Waals surface area contributed by atoms with E-state index in [9.17, 15) is 0 Å². The summed E-state index contributed by atoms with van der Waals surface area (Å²) in [6, 6.07) is 1.40. The zero-order valence-corrected chi connectivity index (χ0v) is 10.9. The number of likely N-dealkylation sites (tertiary alicyclic amines) is 1. The maximum atomic E-state index is 5.39. The topological polar surface area (TPSA) is 24.5 Å². The van der Waals surface area contributed by atoms with Gasteiger partial charge < -0.3 is 10.1 Å². The number of ether oxygens (including phenoxy) is 1. The molecule has 2 aliphatic heterocycles. The van der Waals surface area contributed by atoms with Crippen LogP contribution >= 0.6 is 0 Å². The van der Waals surface area contributed by atoms with Crippen molar-refractivity contribution in [2.24, 2.45) is 5.92 Å². The van der Waals surface area contributed by atoms with Gasteiger partial charge in [-0.3, -0.25) is 4.90 Å². The van der Waals surface area contributed by atoms with E-state index in [0.29, 0.717) is 12.1 Å². The molecule has 3 heteroatoms. The molecule has 2 heterocycles. The number of rotatable bonds is 3. The molecular formula is C13H26N2O. The van der Waals surface area contributed by atoms with Crippen LogP contribution in [0.25, 0.3) is 0 Å². The Labute approximate surface area is 99.5 Å². The van der Waals surface area contributed by atoms with Gasteiger partial charge in [-0.25, -0.2) is 0 Å². The Hall–Kier alpha value is -0.120. The third-order valence-corrected chi connectivity index (χ3v) is 4.25. The van der Waals surface area contributed by atoms with E-state index in [4.69, 9.17) is 4.74 Å². The van der Waals surface area contributed by atoms with E-state index in [2.05, 4.69) is 24.1 Å². The lowest BCUT2D eigenvalue weighted by Gasteiger charge is -2.37. The summed E-state index contributed by atoms with van der Waals surface area (Å²) in [7, 11) is 1.82. The molecule has 0 aliphatic carbocycles. The highest BCUT2D eigenvalue weighted by Crippen LogP contribution is 2.23. The second-order valence-electron chi connectivity index (χ2n) is 5.67. The second kappa shape index (κ2) is 5.48. The molecule has 94 valence electrons. The van der Waals surface area contributed by atoms with Crippen LogP contribution in [0.3, 0.4) is 0 Å². The van der Waals surface area contributed by atoms with Crippen molar-refractivity contribution in [3.63, 3.8) is 0 Å². The van der Waals surface area contributed by atoms with Gasteiger partial charge in [0.1, 0.15) is 0 Å². The van der Waals surface area contributed by atoms with E-state index < -0.39 is 0 Å². The number of piperidine rings is 1. The van der Waals surface area contributed by atoms with E-state index in [-0.39, 0.29) is 0 Å². The average Bonchev–Trinajstić information content (AvgIpc) is 2.70. The van der Waals surface area contributed by atoms with Gasteiger partial charge in [-0.2, -0.15) is 0 Å². The van der Waals surface area contributed by atoms with Crippen molar-refractivity contribution in [2.75, 3.05) is 26.7 Å². The molecule has 0 amide bonds. The molecule has 4 atom stereocenters. The SMILES string of the molecule is COC1CNC(CN2CCC(C)CC2C)C1. The maximum Gasteiger partial charge on any atom is 0.0711 e. The molecule has 1 N–H and O–H groups in total. The molecule has 0 aromatic heterocycles. The molecule has 0 radical (unpaired) electrons. The van der Waals surface area contributed by atoms with Gasteiger partial charge >= 0.3 is 0 Å². The minimum Gasteiger partial charge on any atom is -0.380 e. The van der Waals surface area contributed by atoms with Crippen LogP contribution in [0, 0.1) is 5.92 Å². The predicted octanol–water partition coefficient (Wildman–Crippen LogP) is 1.48. The van der Waals surface area contributed by atoms with Gasteiger partial charge in [0.15, 0.2) is 0 Å². The van der Waals surface area contributed by atoms with E-state index >= 15 is 0 Å². The largest absolute Gasteiger partial charge is 0.380 e. The third-order valence-electron chi connectivity index (χ3n) is 4.25. The monoisotopic (exact) mass is 226 g/mol. The second-order valence-corrected chi connectivity index (χ2v) is 5.67. The summed E-state index contributed by atoms with van der Waals surface area (Å²) in [5.41, 5.74) is 0. The number of hydrogen-bond acceptors (Lipinski definition) is 3. The highest BCUT2D eigenvalue weighted by Gasteiger charge is 2.29. The smallest absolute Gasteiger partial charge is 0.0711 e. The first kappa shape index (κ1) is 12.3. The van der Waals surface area contributed by atoms with Crippen molar-refractivity contribution in [3.05, 3.63) is 0 Å². The first-order valence-corrected chi connectivity index (χ1v) is 6.69. The number of nitrogens with zero attached hydrogens (tertiary/aromatic N) is 1. The lowest BCUT2D eigenvalue weighted by Crippen LogP contribution is -2.46. The predicted molar refractivity (Wildman–Crippen MR) is 66.6 cm³/mol. The molecule has 16 heavy (non-hydrogen) atoms. The van der Waals surface area contributed by atoms with Gasteiger partial charge in [-0.1, -0.05) is 6.92 Å². The molecule has 0 saturated carbocycles. The lowest BCUT2D eigenvalue weighted by molar-refractivity contribution is 0.103. The van der Waals surface area contributed by atoms with Crippen LogP contribution in [0.2, 0.25) is 0 Å².